The van der Waals surface area contributed by atoms with E-state index in [1.165, 1.54) is 5.56 Å². The lowest BCUT2D eigenvalue weighted by Gasteiger charge is -2.04. The molecule has 1 aliphatic rings. The van der Waals surface area contributed by atoms with Crippen molar-refractivity contribution in [1.82, 2.24) is 9.13 Å². The smallest absolute Gasteiger partial charge is 0.218 e. The Morgan fingerprint density at radius 1 is 1.26 bits per heavy atom. The van der Waals surface area contributed by atoms with Crippen molar-refractivity contribution in [3.05, 3.63) is 40.6 Å². The second-order valence-electron chi connectivity index (χ2n) is 5.81. The van der Waals surface area contributed by atoms with Crippen LogP contribution in [0, 0.1) is 0 Å². The standard InChI is InChI=1S/C18H22N4O/c1-5-6-12-7-8-14-13(11-20-15(14)9-12)10-16-17(23)22(4)18(19-2)21(16)3/h7-11,23H,5-6H2,1-4H3. The average Bonchev–Trinajstić information content (AvgIpc) is 3.02. The van der Waals surface area contributed by atoms with Crippen LogP contribution in [0.3, 0.4) is 0 Å². The number of aromatic nitrogens is 2. The molecule has 23 heavy (non-hydrogen) atoms. The van der Waals surface area contributed by atoms with Crippen LogP contribution in [-0.4, -0.2) is 27.5 Å². The van der Waals surface area contributed by atoms with Crippen molar-refractivity contribution in [3.8, 4) is 5.88 Å². The molecule has 0 aliphatic carbocycles. The van der Waals surface area contributed by atoms with Gasteiger partial charge in [0.1, 0.15) is 5.69 Å². The number of nitrogens with zero attached hydrogens (tertiary/aromatic N) is 4. The van der Waals surface area contributed by atoms with Gasteiger partial charge in [0.15, 0.2) is 0 Å². The molecule has 5 nitrogen and oxygen atoms in total. The predicted molar refractivity (Wildman–Crippen MR) is 94.0 cm³/mol. The normalized spacial score (nSPS) is 15.7. The quantitative estimate of drug-likeness (QED) is 0.931. The van der Waals surface area contributed by atoms with Gasteiger partial charge in [0.2, 0.25) is 11.5 Å². The molecule has 0 spiro atoms. The highest BCUT2D eigenvalue weighted by molar-refractivity contribution is 6.21. The molecular formula is C18H22N4O. The molecule has 0 saturated carbocycles. The molecule has 120 valence electrons. The van der Waals surface area contributed by atoms with Gasteiger partial charge in [-0.05, 0) is 24.1 Å². The van der Waals surface area contributed by atoms with Gasteiger partial charge in [-0.25, -0.2) is 0 Å². The third-order valence-electron chi connectivity index (χ3n) is 4.25. The summed E-state index contributed by atoms with van der Waals surface area (Å²) in [5.74, 6) is 0.199. The maximum atomic E-state index is 10.3. The molecule has 1 aromatic carbocycles. The van der Waals surface area contributed by atoms with Crippen molar-refractivity contribution in [1.29, 1.82) is 0 Å². The lowest BCUT2D eigenvalue weighted by atomic mass is 10.0. The first kappa shape index (κ1) is 15.3. The third kappa shape index (κ3) is 2.52. The topological polar surface area (TPSA) is 54.8 Å². The summed E-state index contributed by atoms with van der Waals surface area (Å²) in [6.07, 6.45) is 6.01. The fourth-order valence-corrected chi connectivity index (χ4v) is 3.05. The van der Waals surface area contributed by atoms with Crippen LogP contribution in [0.4, 0.5) is 5.69 Å². The first-order chi connectivity index (χ1) is 11.1. The average molecular weight is 310 g/mol. The number of aliphatic imine (C=N–C) groups is 1. The van der Waals surface area contributed by atoms with Crippen LogP contribution in [0.25, 0.3) is 11.6 Å². The van der Waals surface area contributed by atoms with Crippen LogP contribution in [0.15, 0.2) is 28.2 Å². The fourth-order valence-electron chi connectivity index (χ4n) is 3.05. The maximum absolute atomic E-state index is 10.3. The molecule has 0 radical (unpaired) electrons. The molecule has 2 heterocycles. The van der Waals surface area contributed by atoms with E-state index in [4.69, 9.17) is 0 Å². The van der Waals surface area contributed by atoms with Gasteiger partial charge in [0, 0.05) is 38.5 Å². The Morgan fingerprint density at radius 3 is 2.70 bits per heavy atom. The van der Waals surface area contributed by atoms with E-state index in [2.05, 4.69) is 35.1 Å². The Morgan fingerprint density at radius 2 is 2.04 bits per heavy atom. The van der Waals surface area contributed by atoms with Crippen molar-refractivity contribution in [2.75, 3.05) is 7.05 Å². The van der Waals surface area contributed by atoms with E-state index in [1.807, 2.05) is 23.9 Å². The van der Waals surface area contributed by atoms with Crippen LogP contribution >= 0.6 is 0 Å². The number of allylic oxidation sites excluding steroid dienone is 1. The molecule has 0 atom stereocenters. The van der Waals surface area contributed by atoms with Crippen molar-refractivity contribution in [2.24, 2.45) is 24.1 Å². The lowest BCUT2D eigenvalue weighted by Crippen LogP contribution is -2.22. The highest BCUT2D eigenvalue weighted by atomic mass is 16.3. The summed E-state index contributed by atoms with van der Waals surface area (Å²) in [7, 11) is 5.41. The highest BCUT2D eigenvalue weighted by Crippen LogP contribution is 2.34. The Hall–Kier alpha value is -2.56. The summed E-state index contributed by atoms with van der Waals surface area (Å²) in [5.41, 5.74) is 5.85. The summed E-state index contributed by atoms with van der Waals surface area (Å²) in [6.45, 7) is 2.18. The molecule has 0 amide bonds. The van der Waals surface area contributed by atoms with E-state index >= 15 is 0 Å². The minimum atomic E-state index is 0.199. The van der Waals surface area contributed by atoms with Crippen LogP contribution in [0.2, 0.25) is 0 Å². The molecule has 2 aromatic rings. The number of hydrogen-bond acceptors (Lipinski definition) is 3. The van der Waals surface area contributed by atoms with Crippen molar-refractivity contribution >= 4 is 23.6 Å². The van der Waals surface area contributed by atoms with E-state index in [9.17, 15) is 5.11 Å². The van der Waals surface area contributed by atoms with Crippen LogP contribution in [0.1, 0.15) is 30.2 Å². The van der Waals surface area contributed by atoms with Gasteiger partial charge < -0.3 is 9.67 Å². The second kappa shape index (κ2) is 5.91. The monoisotopic (exact) mass is 310 g/mol. The molecule has 3 rings (SSSR count). The van der Waals surface area contributed by atoms with Gasteiger partial charge >= 0.3 is 0 Å². The van der Waals surface area contributed by atoms with Gasteiger partial charge in [0.25, 0.3) is 0 Å². The number of hydrogen-bond donors (Lipinski definition) is 1. The van der Waals surface area contributed by atoms with Gasteiger partial charge in [-0.2, -0.15) is 0 Å². The first-order valence-corrected chi connectivity index (χ1v) is 7.83. The minimum Gasteiger partial charge on any atom is -0.493 e. The summed E-state index contributed by atoms with van der Waals surface area (Å²) in [4.78, 5) is 8.72. The molecule has 5 heteroatoms. The number of benzene rings is 1. The molecular weight excluding hydrogens is 288 g/mol. The van der Waals surface area contributed by atoms with Gasteiger partial charge in [-0.3, -0.25) is 14.6 Å². The van der Waals surface area contributed by atoms with Crippen molar-refractivity contribution < 1.29 is 5.11 Å². The summed E-state index contributed by atoms with van der Waals surface area (Å²) in [5, 5.41) is 10.3. The lowest BCUT2D eigenvalue weighted by molar-refractivity contribution is 0.427. The number of imidazole rings is 1. The number of aryl methyl sites for hydroxylation is 1. The van der Waals surface area contributed by atoms with Crippen molar-refractivity contribution in [3.63, 3.8) is 0 Å². The number of aromatic hydroxyl groups is 1. The molecule has 0 fully saturated rings. The minimum absolute atomic E-state index is 0.199. The van der Waals surface area contributed by atoms with E-state index in [0.717, 1.165) is 35.4 Å². The number of fused-ring (bicyclic) bond motifs is 1. The molecule has 1 aliphatic heterocycles. The number of rotatable bonds is 3. The van der Waals surface area contributed by atoms with Crippen molar-refractivity contribution in [2.45, 2.75) is 19.8 Å². The molecule has 0 saturated heterocycles. The maximum Gasteiger partial charge on any atom is 0.218 e. The third-order valence-corrected chi connectivity index (χ3v) is 4.25. The Balaban J connectivity index is 2.07. The van der Waals surface area contributed by atoms with Crippen LogP contribution < -0.4 is 5.62 Å². The van der Waals surface area contributed by atoms with E-state index in [0.29, 0.717) is 5.62 Å². The zero-order chi connectivity index (χ0) is 16.6. The largest absolute Gasteiger partial charge is 0.493 e. The van der Waals surface area contributed by atoms with Gasteiger partial charge in [-0.15, -0.1) is 0 Å². The predicted octanol–water partition coefficient (Wildman–Crippen LogP) is 2.81. The Kier molecular flexibility index (Phi) is 3.94. The van der Waals surface area contributed by atoms with E-state index in [-0.39, 0.29) is 5.88 Å². The van der Waals surface area contributed by atoms with E-state index in [1.54, 1.807) is 18.7 Å². The SMILES string of the molecule is CCCc1ccc2c(c1)N=CC2=Cc1c(O)n(C)c(=NC)n1C. The van der Waals surface area contributed by atoms with Crippen LogP contribution in [-0.2, 0) is 20.5 Å². The molecule has 0 unspecified atom stereocenters. The Labute approximate surface area is 136 Å². The Bertz CT molecular complexity index is 881. The zero-order valence-corrected chi connectivity index (χ0v) is 14.0. The zero-order valence-electron chi connectivity index (χ0n) is 14.0. The highest BCUT2D eigenvalue weighted by Gasteiger charge is 2.16. The summed E-state index contributed by atoms with van der Waals surface area (Å²) >= 11 is 0. The van der Waals surface area contributed by atoms with Gasteiger partial charge in [0.05, 0.1) is 5.69 Å². The van der Waals surface area contributed by atoms with Crippen LogP contribution in [0.5, 0.6) is 5.88 Å². The summed E-state index contributed by atoms with van der Waals surface area (Å²) < 4.78 is 3.55. The molecule has 1 aromatic heterocycles. The van der Waals surface area contributed by atoms with E-state index < -0.39 is 0 Å². The molecule has 1 N–H and O–H groups in total. The fraction of sp³-hybridized carbons (Fsp3) is 0.333. The first-order valence-electron chi connectivity index (χ1n) is 7.83. The molecule has 0 bridgehead atoms. The van der Waals surface area contributed by atoms with Gasteiger partial charge in [-0.1, -0.05) is 25.5 Å². The summed E-state index contributed by atoms with van der Waals surface area (Å²) in [6, 6.07) is 6.42. The second-order valence-corrected chi connectivity index (χ2v) is 5.81.